The molecule has 0 spiro atoms. The fraction of sp³-hybridized carbons (Fsp3) is 1.00. The van der Waals surface area contributed by atoms with Crippen LogP contribution in [0.25, 0.3) is 0 Å². The molecule has 0 aromatic heterocycles. The highest BCUT2D eigenvalue weighted by Gasteiger charge is 2.18. The zero-order chi connectivity index (χ0) is 11.3. The lowest BCUT2D eigenvalue weighted by molar-refractivity contribution is -0.0113. The summed E-state index contributed by atoms with van der Waals surface area (Å²) in [5, 5.41) is 13.1. The topological polar surface area (TPSA) is 44.7 Å². The van der Waals surface area contributed by atoms with E-state index in [0.29, 0.717) is 12.6 Å². The molecule has 2 atom stereocenters. The molecular weight excluding hydrogens is 192 g/mol. The van der Waals surface area contributed by atoms with E-state index in [1.54, 1.807) is 0 Å². The predicted molar refractivity (Wildman–Crippen MR) is 61.0 cm³/mol. The van der Waals surface area contributed by atoms with Crippen molar-refractivity contribution in [3.63, 3.8) is 0 Å². The van der Waals surface area contributed by atoms with Gasteiger partial charge in [-0.25, -0.2) is 0 Å². The highest BCUT2D eigenvalue weighted by molar-refractivity contribution is 4.76. The lowest BCUT2D eigenvalue weighted by Crippen LogP contribution is -2.51. The van der Waals surface area contributed by atoms with Gasteiger partial charge in [0.25, 0.3) is 0 Å². The van der Waals surface area contributed by atoms with Crippen molar-refractivity contribution >= 4 is 0 Å². The Hall–Kier alpha value is -0.160. The number of rotatable bonds is 5. The minimum absolute atomic E-state index is 0.196. The third-order valence-corrected chi connectivity index (χ3v) is 2.54. The van der Waals surface area contributed by atoms with E-state index in [4.69, 9.17) is 4.74 Å². The fourth-order valence-electron chi connectivity index (χ4n) is 1.83. The fourth-order valence-corrected chi connectivity index (χ4v) is 1.83. The van der Waals surface area contributed by atoms with Crippen molar-refractivity contribution in [2.45, 2.75) is 39.0 Å². The first kappa shape index (κ1) is 12.9. The molecule has 4 nitrogen and oxygen atoms in total. The Labute approximate surface area is 92.6 Å². The van der Waals surface area contributed by atoms with E-state index in [1.807, 2.05) is 13.8 Å². The summed E-state index contributed by atoms with van der Waals surface area (Å²) in [6.07, 6.45) is -0.167. The lowest BCUT2D eigenvalue weighted by Gasteiger charge is -2.33. The van der Waals surface area contributed by atoms with Gasteiger partial charge in [-0.05, 0) is 20.8 Å². The number of aliphatic hydroxyl groups is 1. The number of piperazine rings is 1. The monoisotopic (exact) mass is 216 g/mol. The van der Waals surface area contributed by atoms with Crippen molar-refractivity contribution < 1.29 is 9.84 Å². The quantitative estimate of drug-likeness (QED) is 0.682. The summed E-state index contributed by atoms with van der Waals surface area (Å²) < 4.78 is 5.38. The molecule has 1 aliphatic rings. The van der Waals surface area contributed by atoms with E-state index in [-0.39, 0.29) is 12.2 Å². The van der Waals surface area contributed by atoms with Gasteiger partial charge in [0.1, 0.15) is 0 Å². The lowest BCUT2D eigenvalue weighted by atomic mass is 10.2. The summed E-state index contributed by atoms with van der Waals surface area (Å²) in [6.45, 7) is 10.3. The van der Waals surface area contributed by atoms with E-state index >= 15 is 0 Å². The van der Waals surface area contributed by atoms with Crippen LogP contribution < -0.4 is 5.32 Å². The van der Waals surface area contributed by atoms with Gasteiger partial charge in [0.15, 0.2) is 0 Å². The Morgan fingerprint density at radius 2 is 2.27 bits per heavy atom. The first-order valence-electron chi connectivity index (χ1n) is 5.83. The Morgan fingerprint density at radius 1 is 1.53 bits per heavy atom. The Morgan fingerprint density at radius 3 is 2.87 bits per heavy atom. The molecule has 4 heteroatoms. The van der Waals surface area contributed by atoms with Crippen molar-refractivity contribution in [1.29, 1.82) is 0 Å². The number of hydrogen-bond donors (Lipinski definition) is 2. The third kappa shape index (κ3) is 5.47. The number of nitrogens with one attached hydrogen (secondary N) is 1. The number of β-amino-alcohol motifs (C(OH)–C–C–N with tert-alkyl or cyclic N) is 1. The van der Waals surface area contributed by atoms with Crippen LogP contribution in [0.3, 0.4) is 0 Å². The first-order chi connectivity index (χ1) is 7.08. The van der Waals surface area contributed by atoms with Crippen molar-refractivity contribution in [1.82, 2.24) is 10.2 Å². The molecule has 1 rings (SSSR count). The van der Waals surface area contributed by atoms with Gasteiger partial charge in [-0.3, -0.25) is 4.90 Å². The molecule has 0 aromatic rings. The smallest absolute Gasteiger partial charge is 0.0900 e. The average Bonchev–Trinajstić information content (AvgIpc) is 2.15. The Bertz CT molecular complexity index is 176. The minimum Gasteiger partial charge on any atom is -0.389 e. The molecule has 15 heavy (non-hydrogen) atoms. The highest BCUT2D eigenvalue weighted by atomic mass is 16.5. The number of hydrogen-bond acceptors (Lipinski definition) is 4. The normalized spacial score (nSPS) is 25.8. The summed E-state index contributed by atoms with van der Waals surface area (Å²) in [4.78, 5) is 2.29. The van der Waals surface area contributed by atoms with Gasteiger partial charge < -0.3 is 15.2 Å². The van der Waals surface area contributed by atoms with Crippen molar-refractivity contribution in [3.05, 3.63) is 0 Å². The zero-order valence-electron chi connectivity index (χ0n) is 10.1. The SMILES string of the molecule is CC(C)OCC(O)CN1CCN[C@H](C)C1. The summed E-state index contributed by atoms with van der Waals surface area (Å²) in [5.74, 6) is 0. The molecule has 0 bridgehead atoms. The molecule has 90 valence electrons. The van der Waals surface area contributed by atoms with Crippen LogP contribution in [0.4, 0.5) is 0 Å². The van der Waals surface area contributed by atoms with Crippen LogP contribution in [0.15, 0.2) is 0 Å². The summed E-state index contributed by atoms with van der Waals surface area (Å²) >= 11 is 0. The van der Waals surface area contributed by atoms with Crippen LogP contribution in [0.5, 0.6) is 0 Å². The van der Waals surface area contributed by atoms with E-state index < -0.39 is 0 Å². The predicted octanol–water partition coefficient (Wildman–Crippen LogP) is 0.0660. The maximum absolute atomic E-state index is 9.75. The van der Waals surface area contributed by atoms with Gasteiger partial charge in [0.2, 0.25) is 0 Å². The Kier molecular flexibility index (Phi) is 5.53. The molecule has 1 saturated heterocycles. The van der Waals surface area contributed by atoms with Gasteiger partial charge in [-0.2, -0.15) is 0 Å². The molecular formula is C11H24N2O2. The standard InChI is InChI=1S/C11H24N2O2/c1-9(2)15-8-11(14)7-13-5-4-12-10(3)6-13/h9-12,14H,4-8H2,1-3H3/t10-,11?/m1/s1. The van der Waals surface area contributed by atoms with Gasteiger partial charge in [-0.1, -0.05) is 0 Å². The molecule has 1 aliphatic heterocycles. The van der Waals surface area contributed by atoms with Crippen molar-refractivity contribution in [2.24, 2.45) is 0 Å². The molecule has 1 heterocycles. The summed E-state index contributed by atoms with van der Waals surface area (Å²) in [6, 6.07) is 0.525. The molecule has 0 amide bonds. The first-order valence-corrected chi connectivity index (χ1v) is 5.83. The molecule has 0 aliphatic carbocycles. The van der Waals surface area contributed by atoms with Gasteiger partial charge in [-0.15, -0.1) is 0 Å². The van der Waals surface area contributed by atoms with Crippen molar-refractivity contribution in [2.75, 3.05) is 32.8 Å². The maximum atomic E-state index is 9.75. The number of aliphatic hydroxyl groups excluding tert-OH is 1. The van der Waals surface area contributed by atoms with E-state index in [1.165, 1.54) is 0 Å². The van der Waals surface area contributed by atoms with Crippen molar-refractivity contribution in [3.8, 4) is 0 Å². The maximum Gasteiger partial charge on any atom is 0.0900 e. The van der Waals surface area contributed by atoms with Crippen LogP contribution >= 0.6 is 0 Å². The van der Waals surface area contributed by atoms with E-state index in [2.05, 4.69) is 17.1 Å². The van der Waals surface area contributed by atoms with Crippen LogP contribution in [-0.2, 0) is 4.74 Å². The van der Waals surface area contributed by atoms with E-state index in [0.717, 1.165) is 26.2 Å². The summed E-state index contributed by atoms with van der Waals surface area (Å²) in [5.41, 5.74) is 0. The van der Waals surface area contributed by atoms with E-state index in [9.17, 15) is 5.11 Å². The second-order valence-corrected chi connectivity index (χ2v) is 4.65. The van der Waals surface area contributed by atoms with Gasteiger partial charge in [0, 0.05) is 32.2 Å². The molecule has 0 radical (unpaired) electrons. The van der Waals surface area contributed by atoms with Crippen LogP contribution in [-0.4, -0.2) is 61.0 Å². The largest absolute Gasteiger partial charge is 0.389 e. The number of ether oxygens (including phenoxy) is 1. The Balaban J connectivity index is 2.16. The molecule has 0 saturated carbocycles. The van der Waals surface area contributed by atoms with Gasteiger partial charge >= 0.3 is 0 Å². The molecule has 1 fully saturated rings. The van der Waals surface area contributed by atoms with Crippen LogP contribution in [0, 0.1) is 0 Å². The number of nitrogens with zero attached hydrogens (tertiary/aromatic N) is 1. The second-order valence-electron chi connectivity index (χ2n) is 4.65. The van der Waals surface area contributed by atoms with Crippen LogP contribution in [0.1, 0.15) is 20.8 Å². The highest BCUT2D eigenvalue weighted by Crippen LogP contribution is 2.01. The van der Waals surface area contributed by atoms with Gasteiger partial charge in [0.05, 0.1) is 18.8 Å². The molecule has 1 unspecified atom stereocenters. The van der Waals surface area contributed by atoms with Crippen LogP contribution in [0.2, 0.25) is 0 Å². The molecule has 2 N–H and O–H groups in total. The molecule has 0 aromatic carbocycles. The zero-order valence-corrected chi connectivity index (χ0v) is 10.1. The minimum atomic E-state index is -0.363. The second kappa shape index (κ2) is 6.43. The third-order valence-electron chi connectivity index (χ3n) is 2.54. The average molecular weight is 216 g/mol. The summed E-state index contributed by atoms with van der Waals surface area (Å²) in [7, 11) is 0.